The topological polar surface area (TPSA) is 101 Å². The fourth-order valence-electron chi connectivity index (χ4n) is 1.95. The van der Waals surface area contributed by atoms with Gasteiger partial charge in [0.1, 0.15) is 10.6 Å². The number of hydrogen-bond acceptors (Lipinski definition) is 5. The van der Waals surface area contributed by atoms with Gasteiger partial charge in [-0.25, -0.2) is 0 Å². The van der Waals surface area contributed by atoms with E-state index in [-0.39, 0.29) is 21.8 Å². The lowest BCUT2D eigenvalue weighted by atomic mass is 10.2. The number of aromatic nitrogens is 1. The van der Waals surface area contributed by atoms with Crippen LogP contribution in [0.5, 0.6) is 0 Å². The van der Waals surface area contributed by atoms with E-state index in [0.717, 1.165) is 5.69 Å². The van der Waals surface area contributed by atoms with Crippen LogP contribution in [0.1, 0.15) is 11.3 Å². The van der Waals surface area contributed by atoms with Crippen LogP contribution in [0.15, 0.2) is 50.3 Å². The van der Waals surface area contributed by atoms with Crippen molar-refractivity contribution < 1.29 is 13.0 Å². The summed E-state index contributed by atoms with van der Waals surface area (Å²) in [6.07, 6.45) is 0. The zero-order valence-electron chi connectivity index (χ0n) is 12.3. The Bertz CT molecular complexity index is 914. The maximum Gasteiger partial charge on any atom is 0.296 e. The molecule has 22 heavy (non-hydrogen) atoms. The van der Waals surface area contributed by atoms with Gasteiger partial charge in [-0.05, 0) is 37.6 Å². The van der Waals surface area contributed by atoms with Crippen LogP contribution in [0.2, 0.25) is 0 Å². The maximum atomic E-state index is 12.2. The average Bonchev–Trinajstić information content (AvgIpc) is 2.44. The fourth-order valence-corrected chi connectivity index (χ4v) is 2.57. The molecule has 0 aliphatic heterocycles. The normalized spacial score (nSPS) is 12.0. The summed E-state index contributed by atoms with van der Waals surface area (Å²) in [6, 6.07) is 7.40. The van der Waals surface area contributed by atoms with E-state index >= 15 is 0 Å². The van der Waals surface area contributed by atoms with E-state index in [1.807, 2.05) is 0 Å². The van der Waals surface area contributed by atoms with E-state index in [4.69, 9.17) is 4.55 Å². The molecule has 0 bridgehead atoms. The number of hydrogen-bond donors (Lipinski definition) is 1. The molecule has 1 aromatic heterocycles. The number of benzene rings is 1. The first-order chi connectivity index (χ1) is 10.2. The Hall–Kier alpha value is -2.32. The van der Waals surface area contributed by atoms with Gasteiger partial charge < -0.3 is 4.57 Å². The molecule has 0 spiro atoms. The molecule has 0 aliphatic rings. The monoisotopic (exact) mass is 321 g/mol. The van der Waals surface area contributed by atoms with Crippen molar-refractivity contribution in [2.45, 2.75) is 18.7 Å². The van der Waals surface area contributed by atoms with Crippen LogP contribution in [0, 0.1) is 13.8 Å². The van der Waals surface area contributed by atoms with Gasteiger partial charge in [0.25, 0.3) is 15.7 Å². The first-order valence-electron chi connectivity index (χ1n) is 6.37. The average molecular weight is 321 g/mol. The summed E-state index contributed by atoms with van der Waals surface area (Å²) in [5.74, 6) is 0. The summed E-state index contributed by atoms with van der Waals surface area (Å²) in [5.41, 5.74) is 1.17. The fraction of sp³-hybridized carbons (Fsp3) is 0.214. The van der Waals surface area contributed by atoms with Crippen LogP contribution < -0.4 is 5.56 Å². The van der Waals surface area contributed by atoms with Gasteiger partial charge in [-0.1, -0.05) is 12.1 Å². The Labute approximate surface area is 127 Å². The molecule has 1 N–H and O–H groups in total. The largest absolute Gasteiger partial charge is 0.314 e. The van der Waals surface area contributed by atoms with Gasteiger partial charge in [0.2, 0.25) is 0 Å². The van der Waals surface area contributed by atoms with E-state index in [0.29, 0.717) is 5.56 Å². The SMILES string of the molecule is Cc1cc(C)n(C)c(=O)c1N=Nc1ccccc1S(=O)(=O)O. The number of aryl methyl sites for hydroxylation is 2. The van der Waals surface area contributed by atoms with Crippen LogP contribution >= 0.6 is 0 Å². The highest BCUT2D eigenvalue weighted by Gasteiger charge is 2.15. The van der Waals surface area contributed by atoms with Gasteiger partial charge in [-0.15, -0.1) is 10.2 Å². The Balaban J connectivity index is 2.57. The zero-order valence-corrected chi connectivity index (χ0v) is 13.1. The van der Waals surface area contributed by atoms with Gasteiger partial charge in [-0.3, -0.25) is 9.35 Å². The molecule has 0 amide bonds. The lowest BCUT2D eigenvalue weighted by molar-refractivity contribution is 0.483. The van der Waals surface area contributed by atoms with Crippen LogP contribution in [-0.4, -0.2) is 17.5 Å². The molecule has 2 aromatic rings. The van der Waals surface area contributed by atoms with Crippen molar-refractivity contribution in [1.29, 1.82) is 0 Å². The zero-order chi connectivity index (χ0) is 16.5. The third kappa shape index (κ3) is 3.12. The van der Waals surface area contributed by atoms with E-state index < -0.39 is 10.1 Å². The highest BCUT2D eigenvalue weighted by molar-refractivity contribution is 7.86. The van der Waals surface area contributed by atoms with Crippen molar-refractivity contribution in [2.24, 2.45) is 17.3 Å². The summed E-state index contributed by atoms with van der Waals surface area (Å²) in [4.78, 5) is 11.8. The molecule has 8 heteroatoms. The van der Waals surface area contributed by atoms with Gasteiger partial charge in [-0.2, -0.15) is 8.42 Å². The molecule has 0 unspecified atom stereocenters. The third-order valence-electron chi connectivity index (χ3n) is 3.24. The van der Waals surface area contributed by atoms with Crippen molar-refractivity contribution in [3.8, 4) is 0 Å². The predicted octanol–water partition coefficient (Wildman–Crippen LogP) is 2.66. The van der Waals surface area contributed by atoms with Gasteiger partial charge in [0, 0.05) is 12.7 Å². The molecule has 0 aliphatic carbocycles. The molecule has 0 atom stereocenters. The molecule has 7 nitrogen and oxygen atoms in total. The minimum absolute atomic E-state index is 0.0352. The second-order valence-electron chi connectivity index (χ2n) is 4.82. The van der Waals surface area contributed by atoms with Crippen molar-refractivity contribution in [1.82, 2.24) is 4.57 Å². The molecule has 0 saturated carbocycles. The first-order valence-corrected chi connectivity index (χ1v) is 7.81. The first kappa shape index (κ1) is 16.1. The standard InChI is InChI=1S/C14H15N3O4S/c1-9-8-10(2)17(3)14(18)13(9)16-15-11-6-4-5-7-12(11)22(19,20)21/h4-8H,1-3H3,(H,19,20,21). The Kier molecular flexibility index (Phi) is 4.25. The van der Waals surface area contributed by atoms with Gasteiger partial charge in [0.15, 0.2) is 5.69 Å². The number of rotatable bonds is 3. The van der Waals surface area contributed by atoms with Crippen LogP contribution in [-0.2, 0) is 17.2 Å². The molecule has 2 rings (SSSR count). The third-order valence-corrected chi connectivity index (χ3v) is 4.14. The van der Waals surface area contributed by atoms with Crippen molar-refractivity contribution in [3.05, 3.63) is 51.9 Å². The molecule has 1 heterocycles. The van der Waals surface area contributed by atoms with E-state index in [1.54, 1.807) is 33.0 Å². The summed E-state index contributed by atoms with van der Waals surface area (Å²) >= 11 is 0. The molecule has 0 radical (unpaired) electrons. The Morgan fingerprint density at radius 2 is 1.77 bits per heavy atom. The van der Waals surface area contributed by atoms with Crippen molar-refractivity contribution in [3.63, 3.8) is 0 Å². The molecular weight excluding hydrogens is 306 g/mol. The van der Waals surface area contributed by atoms with Crippen molar-refractivity contribution >= 4 is 21.5 Å². The number of pyridine rings is 1. The second-order valence-corrected chi connectivity index (χ2v) is 6.21. The van der Waals surface area contributed by atoms with Crippen LogP contribution in [0.25, 0.3) is 0 Å². The summed E-state index contributed by atoms with van der Waals surface area (Å²) in [6.45, 7) is 3.51. The summed E-state index contributed by atoms with van der Waals surface area (Å²) < 4.78 is 33.2. The van der Waals surface area contributed by atoms with Crippen molar-refractivity contribution in [2.75, 3.05) is 0 Å². The number of azo groups is 1. The highest BCUT2D eigenvalue weighted by Crippen LogP contribution is 2.25. The molecule has 0 saturated heterocycles. The predicted molar refractivity (Wildman–Crippen MR) is 81.6 cm³/mol. The minimum Gasteiger partial charge on any atom is -0.314 e. The van der Waals surface area contributed by atoms with Crippen LogP contribution in [0.4, 0.5) is 11.4 Å². The summed E-state index contributed by atoms with van der Waals surface area (Å²) in [7, 11) is -2.80. The maximum absolute atomic E-state index is 12.2. The Morgan fingerprint density at radius 1 is 1.14 bits per heavy atom. The number of nitrogens with zero attached hydrogens (tertiary/aromatic N) is 3. The molecule has 116 valence electrons. The van der Waals surface area contributed by atoms with E-state index in [2.05, 4.69) is 10.2 Å². The van der Waals surface area contributed by atoms with E-state index in [1.165, 1.54) is 22.8 Å². The smallest absolute Gasteiger partial charge is 0.296 e. The second kappa shape index (κ2) is 5.82. The minimum atomic E-state index is -4.41. The lowest BCUT2D eigenvalue weighted by Gasteiger charge is -2.06. The molecule has 1 aromatic carbocycles. The van der Waals surface area contributed by atoms with Gasteiger partial charge >= 0.3 is 0 Å². The molecular formula is C14H15N3O4S. The van der Waals surface area contributed by atoms with Crippen LogP contribution in [0.3, 0.4) is 0 Å². The Morgan fingerprint density at radius 3 is 2.41 bits per heavy atom. The summed E-state index contributed by atoms with van der Waals surface area (Å²) in [5, 5.41) is 7.68. The highest BCUT2D eigenvalue weighted by atomic mass is 32.2. The van der Waals surface area contributed by atoms with E-state index in [9.17, 15) is 13.2 Å². The lowest BCUT2D eigenvalue weighted by Crippen LogP contribution is -2.19. The van der Waals surface area contributed by atoms with Gasteiger partial charge in [0.05, 0.1) is 0 Å². The molecule has 0 fully saturated rings. The quantitative estimate of drug-likeness (QED) is 0.693.